The van der Waals surface area contributed by atoms with Gasteiger partial charge < -0.3 is 5.11 Å². The molecule has 0 saturated carbocycles. The average Bonchev–Trinajstić information content (AvgIpc) is 2.23. The molecule has 0 aliphatic rings. The average molecular weight is 346 g/mol. The Labute approximate surface area is 112 Å². The van der Waals surface area contributed by atoms with E-state index in [1.165, 1.54) is 62.0 Å². The predicted octanol–water partition coefficient (Wildman–Crippen LogP) is 4.90. The van der Waals surface area contributed by atoms with Gasteiger partial charge in [-0.15, -0.1) is 0 Å². The van der Waals surface area contributed by atoms with Gasteiger partial charge in [0.1, 0.15) is 0 Å². The van der Waals surface area contributed by atoms with Gasteiger partial charge in [0.25, 0.3) is 0 Å². The highest BCUT2D eigenvalue weighted by Gasteiger charge is 1.90. The molecule has 0 aromatic rings. The zero-order valence-electron chi connectivity index (χ0n) is 9.98. The summed E-state index contributed by atoms with van der Waals surface area (Å²) >= 11 is 6.90. The SMILES string of the molecule is BrCCCCCCCCCCBr.CCO. The molecule has 15 heavy (non-hydrogen) atoms. The number of hydrogen-bond acceptors (Lipinski definition) is 1. The number of halogens is 2. The van der Waals surface area contributed by atoms with Gasteiger partial charge in [-0.2, -0.15) is 0 Å². The van der Waals surface area contributed by atoms with Crippen molar-refractivity contribution in [1.82, 2.24) is 0 Å². The summed E-state index contributed by atoms with van der Waals surface area (Å²) in [4.78, 5) is 0. The molecule has 0 aromatic carbocycles. The Bertz CT molecular complexity index is 79.7. The molecule has 1 N–H and O–H groups in total. The number of hydrogen-bond donors (Lipinski definition) is 1. The lowest BCUT2D eigenvalue weighted by Crippen LogP contribution is -1.81. The van der Waals surface area contributed by atoms with Crippen LogP contribution in [0.1, 0.15) is 58.3 Å². The van der Waals surface area contributed by atoms with Crippen LogP contribution in [0.4, 0.5) is 0 Å². The maximum atomic E-state index is 7.57. The van der Waals surface area contributed by atoms with E-state index < -0.39 is 0 Å². The standard InChI is InChI=1S/C10H20Br2.C2H6O/c11-9-7-5-3-1-2-4-6-8-10-12;1-2-3/h1-10H2;3H,2H2,1H3. The molecule has 0 rings (SSSR count). The zero-order chi connectivity index (χ0) is 11.8. The van der Waals surface area contributed by atoms with Crippen molar-refractivity contribution in [2.24, 2.45) is 0 Å². The molecular weight excluding hydrogens is 320 g/mol. The van der Waals surface area contributed by atoms with Crippen molar-refractivity contribution in [2.45, 2.75) is 58.3 Å². The van der Waals surface area contributed by atoms with Crippen LogP contribution in [0.5, 0.6) is 0 Å². The minimum atomic E-state index is 0.250. The minimum Gasteiger partial charge on any atom is -0.397 e. The summed E-state index contributed by atoms with van der Waals surface area (Å²) in [6.07, 6.45) is 11.3. The molecule has 3 heteroatoms. The number of unbranched alkanes of at least 4 members (excludes halogenated alkanes) is 7. The lowest BCUT2D eigenvalue weighted by Gasteiger charge is -1.99. The van der Waals surface area contributed by atoms with Gasteiger partial charge in [-0.25, -0.2) is 0 Å². The molecule has 0 spiro atoms. The third-order valence-electron chi connectivity index (χ3n) is 2.02. The quantitative estimate of drug-likeness (QED) is 0.465. The molecule has 0 fully saturated rings. The van der Waals surface area contributed by atoms with Crippen LogP contribution in [0, 0.1) is 0 Å². The van der Waals surface area contributed by atoms with Crippen LogP contribution < -0.4 is 0 Å². The Morgan fingerprint density at radius 3 is 1.07 bits per heavy atom. The van der Waals surface area contributed by atoms with Crippen molar-refractivity contribution in [1.29, 1.82) is 0 Å². The molecule has 0 bridgehead atoms. The van der Waals surface area contributed by atoms with E-state index in [4.69, 9.17) is 5.11 Å². The number of aliphatic hydroxyl groups excluding tert-OH is 1. The maximum absolute atomic E-state index is 7.57. The first-order valence-electron chi connectivity index (χ1n) is 6.06. The van der Waals surface area contributed by atoms with Crippen molar-refractivity contribution in [2.75, 3.05) is 17.3 Å². The third kappa shape index (κ3) is 25.3. The Hall–Kier alpha value is 0.920. The number of rotatable bonds is 9. The van der Waals surface area contributed by atoms with Gasteiger partial charge in [-0.3, -0.25) is 0 Å². The molecule has 0 aliphatic carbocycles. The molecule has 1 nitrogen and oxygen atoms in total. The van der Waals surface area contributed by atoms with E-state index in [9.17, 15) is 0 Å². The predicted molar refractivity (Wildman–Crippen MR) is 77.3 cm³/mol. The Morgan fingerprint density at radius 2 is 0.867 bits per heavy atom. The first-order chi connectivity index (χ1) is 7.33. The van der Waals surface area contributed by atoms with Crippen molar-refractivity contribution in [3.8, 4) is 0 Å². The normalized spacial score (nSPS) is 9.60. The molecule has 0 saturated heterocycles. The van der Waals surface area contributed by atoms with Gasteiger partial charge >= 0.3 is 0 Å². The second-order valence-electron chi connectivity index (χ2n) is 3.52. The van der Waals surface area contributed by atoms with E-state index in [1.807, 2.05) is 0 Å². The third-order valence-corrected chi connectivity index (χ3v) is 3.14. The summed E-state index contributed by atoms with van der Waals surface area (Å²) in [5.74, 6) is 0. The van der Waals surface area contributed by atoms with Gasteiger partial charge in [0.15, 0.2) is 0 Å². The second-order valence-corrected chi connectivity index (χ2v) is 5.11. The molecule has 94 valence electrons. The molecule has 0 amide bonds. The summed E-state index contributed by atoms with van der Waals surface area (Å²) in [6.45, 7) is 1.93. The number of aliphatic hydroxyl groups is 1. The highest BCUT2D eigenvalue weighted by Crippen LogP contribution is 2.09. The second kappa shape index (κ2) is 20.3. The fourth-order valence-corrected chi connectivity index (χ4v) is 2.04. The van der Waals surface area contributed by atoms with E-state index in [0.29, 0.717) is 0 Å². The van der Waals surface area contributed by atoms with Crippen LogP contribution in [-0.4, -0.2) is 22.4 Å². The van der Waals surface area contributed by atoms with E-state index >= 15 is 0 Å². The first-order valence-corrected chi connectivity index (χ1v) is 8.30. The lowest BCUT2D eigenvalue weighted by atomic mass is 10.1. The summed E-state index contributed by atoms with van der Waals surface area (Å²) in [7, 11) is 0. The van der Waals surface area contributed by atoms with Gasteiger partial charge in [0.2, 0.25) is 0 Å². The minimum absolute atomic E-state index is 0.250. The van der Waals surface area contributed by atoms with Crippen LogP contribution in [0.15, 0.2) is 0 Å². The molecule has 0 unspecified atom stereocenters. The Morgan fingerprint density at radius 1 is 0.667 bits per heavy atom. The Kier molecular flexibility index (Phi) is 24.8. The van der Waals surface area contributed by atoms with Gasteiger partial charge in [0, 0.05) is 17.3 Å². The topological polar surface area (TPSA) is 20.2 Å². The summed E-state index contributed by atoms with van der Waals surface area (Å²) in [5.41, 5.74) is 0. The monoisotopic (exact) mass is 344 g/mol. The van der Waals surface area contributed by atoms with Gasteiger partial charge in [0.05, 0.1) is 0 Å². The summed E-state index contributed by atoms with van der Waals surface area (Å²) < 4.78 is 0. The number of alkyl halides is 2. The smallest absolute Gasteiger partial charge is 0.0402 e. The fourth-order valence-electron chi connectivity index (χ4n) is 1.25. The maximum Gasteiger partial charge on any atom is 0.0402 e. The van der Waals surface area contributed by atoms with Crippen LogP contribution in [0.3, 0.4) is 0 Å². The van der Waals surface area contributed by atoms with Crippen LogP contribution in [0.25, 0.3) is 0 Å². The molecule has 0 atom stereocenters. The molecule has 0 radical (unpaired) electrons. The van der Waals surface area contributed by atoms with Crippen LogP contribution >= 0.6 is 31.9 Å². The lowest BCUT2D eigenvalue weighted by molar-refractivity contribution is 0.318. The highest BCUT2D eigenvalue weighted by molar-refractivity contribution is 9.09. The van der Waals surface area contributed by atoms with E-state index in [2.05, 4.69) is 31.9 Å². The molecule has 0 heterocycles. The van der Waals surface area contributed by atoms with Crippen LogP contribution in [-0.2, 0) is 0 Å². The molecule has 0 aliphatic heterocycles. The fraction of sp³-hybridized carbons (Fsp3) is 1.00. The summed E-state index contributed by atoms with van der Waals surface area (Å²) in [5, 5.41) is 9.92. The molecular formula is C12H26Br2O. The van der Waals surface area contributed by atoms with Crippen molar-refractivity contribution < 1.29 is 5.11 Å². The van der Waals surface area contributed by atoms with Crippen molar-refractivity contribution in [3.63, 3.8) is 0 Å². The Balaban J connectivity index is 0. The molecule has 0 aromatic heterocycles. The van der Waals surface area contributed by atoms with Gasteiger partial charge in [-0.05, 0) is 19.8 Å². The van der Waals surface area contributed by atoms with E-state index in [0.717, 1.165) is 0 Å². The summed E-state index contributed by atoms with van der Waals surface area (Å²) in [6, 6.07) is 0. The first kappa shape index (κ1) is 18.3. The largest absolute Gasteiger partial charge is 0.397 e. The van der Waals surface area contributed by atoms with Crippen molar-refractivity contribution >= 4 is 31.9 Å². The van der Waals surface area contributed by atoms with E-state index in [1.54, 1.807) is 6.92 Å². The van der Waals surface area contributed by atoms with Crippen LogP contribution in [0.2, 0.25) is 0 Å². The van der Waals surface area contributed by atoms with Crippen molar-refractivity contribution in [3.05, 3.63) is 0 Å². The highest BCUT2D eigenvalue weighted by atomic mass is 79.9. The van der Waals surface area contributed by atoms with Gasteiger partial charge in [-0.1, -0.05) is 70.4 Å². The zero-order valence-corrected chi connectivity index (χ0v) is 13.2. The van der Waals surface area contributed by atoms with E-state index in [-0.39, 0.29) is 6.61 Å².